The van der Waals surface area contributed by atoms with E-state index in [9.17, 15) is 10.2 Å². The fourth-order valence-corrected chi connectivity index (χ4v) is 5.15. The van der Waals surface area contributed by atoms with Gasteiger partial charge >= 0.3 is 0 Å². The van der Waals surface area contributed by atoms with Gasteiger partial charge in [-0.2, -0.15) is 0 Å². The molecule has 2 nitrogen and oxygen atoms in total. The first-order valence-electron chi connectivity index (χ1n) is 8.28. The molecule has 0 aromatic heterocycles. The second-order valence-corrected chi connectivity index (χ2v) is 11.5. The van der Waals surface area contributed by atoms with Gasteiger partial charge in [0.15, 0.2) is 0 Å². The van der Waals surface area contributed by atoms with Crippen molar-refractivity contribution in [3.63, 3.8) is 0 Å². The summed E-state index contributed by atoms with van der Waals surface area (Å²) in [6.45, 7) is 12.7. The lowest BCUT2D eigenvalue weighted by molar-refractivity contribution is 0.446. The van der Waals surface area contributed by atoms with E-state index in [4.69, 9.17) is 0 Å². The number of aromatic hydroxyl groups is 2. The molecule has 26 heavy (non-hydrogen) atoms. The number of hydrogen-bond acceptors (Lipinski definition) is 6. The van der Waals surface area contributed by atoms with Gasteiger partial charge in [0.2, 0.25) is 0 Å². The Balaban J connectivity index is 2.38. The standard InChI is InChI=1S/C20H26O2S4/c1-19(2,3)11-7-13(23)17(21)15(9-11)25-26-16-10-12(20(4,5)6)8-14(24)18(16)22/h7-10,21-24H,1-6H3. The molecule has 0 saturated heterocycles. The van der Waals surface area contributed by atoms with Gasteiger partial charge in [0.1, 0.15) is 11.5 Å². The molecule has 0 radical (unpaired) electrons. The number of phenols is 2. The van der Waals surface area contributed by atoms with E-state index in [1.807, 2.05) is 24.3 Å². The van der Waals surface area contributed by atoms with Crippen molar-refractivity contribution in [2.24, 2.45) is 0 Å². The third kappa shape index (κ3) is 5.03. The Labute approximate surface area is 175 Å². The predicted octanol–water partition coefficient (Wildman–Crippen LogP) is 7.07. The van der Waals surface area contributed by atoms with Gasteiger partial charge in [0.05, 0.1) is 9.79 Å². The van der Waals surface area contributed by atoms with E-state index < -0.39 is 0 Å². The quantitative estimate of drug-likeness (QED) is 0.313. The molecule has 0 saturated carbocycles. The van der Waals surface area contributed by atoms with Crippen molar-refractivity contribution in [3.8, 4) is 11.5 Å². The van der Waals surface area contributed by atoms with E-state index in [-0.39, 0.29) is 22.3 Å². The molecular weight excluding hydrogens is 400 g/mol. The predicted molar refractivity (Wildman–Crippen MR) is 120 cm³/mol. The van der Waals surface area contributed by atoms with Crippen LogP contribution in [0.1, 0.15) is 52.7 Å². The Hall–Kier alpha value is -0.560. The number of thiol groups is 2. The van der Waals surface area contributed by atoms with Gasteiger partial charge in [0.25, 0.3) is 0 Å². The van der Waals surface area contributed by atoms with Crippen molar-refractivity contribution in [3.05, 3.63) is 35.4 Å². The molecule has 0 aliphatic heterocycles. The van der Waals surface area contributed by atoms with E-state index in [1.54, 1.807) is 0 Å². The van der Waals surface area contributed by atoms with Crippen LogP contribution in [0.5, 0.6) is 11.5 Å². The fourth-order valence-electron chi connectivity index (χ4n) is 2.27. The van der Waals surface area contributed by atoms with Crippen LogP contribution in [-0.4, -0.2) is 10.2 Å². The van der Waals surface area contributed by atoms with Crippen molar-refractivity contribution in [2.75, 3.05) is 0 Å². The minimum absolute atomic E-state index is 0.0439. The van der Waals surface area contributed by atoms with Gasteiger partial charge in [-0.1, -0.05) is 41.5 Å². The maximum absolute atomic E-state index is 10.4. The van der Waals surface area contributed by atoms with E-state index >= 15 is 0 Å². The first-order valence-corrected chi connectivity index (χ1v) is 11.3. The summed E-state index contributed by atoms with van der Waals surface area (Å²) in [6.07, 6.45) is 0. The van der Waals surface area contributed by atoms with Crippen LogP contribution in [0, 0.1) is 0 Å². The van der Waals surface area contributed by atoms with Gasteiger partial charge in [-0.25, -0.2) is 0 Å². The second-order valence-electron chi connectivity index (χ2n) is 8.35. The highest BCUT2D eigenvalue weighted by Gasteiger charge is 2.21. The van der Waals surface area contributed by atoms with Gasteiger partial charge in [-0.3, -0.25) is 0 Å². The molecule has 2 rings (SSSR count). The monoisotopic (exact) mass is 426 g/mol. The number of phenolic OH excluding ortho intramolecular Hbond substituents is 2. The van der Waals surface area contributed by atoms with Crippen LogP contribution in [0.3, 0.4) is 0 Å². The normalized spacial score (nSPS) is 12.5. The zero-order chi connectivity index (χ0) is 19.9. The molecule has 0 amide bonds. The van der Waals surface area contributed by atoms with Crippen LogP contribution in [0.4, 0.5) is 0 Å². The van der Waals surface area contributed by atoms with E-state index in [0.717, 1.165) is 20.9 Å². The SMILES string of the molecule is CC(C)(C)c1cc(S)c(O)c(SSc2cc(C(C)(C)C)cc(S)c2O)c1. The molecule has 0 unspecified atom stereocenters. The molecule has 0 atom stereocenters. The maximum Gasteiger partial charge on any atom is 0.143 e. The lowest BCUT2D eigenvalue weighted by atomic mass is 9.87. The van der Waals surface area contributed by atoms with Gasteiger partial charge in [0, 0.05) is 9.79 Å². The van der Waals surface area contributed by atoms with Crippen molar-refractivity contribution in [2.45, 2.75) is 72.0 Å². The molecule has 0 aliphatic carbocycles. The van der Waals surface area contributed by atoms with Crippen molar-refractivity contribution < 1.29 is 10.2 Å². The lowest BCUT2D eigenvalue weighted by Crippen LogP contribution is -2.11. The second kappa shape index (κ2) is 7.82. The highest BCUT2D eigenvalue weighted by molar-refractivity contribution is 8.76. The summed E-state index contributed by atoms with van der Waals surface area (Å²) in [5.41, 5.74) is 2.12. The smallest absolute Gasteiger partial charge is 0.143 e. The Bertz CT molecular complexity index is 749. The molecule has 6 heteroatoms. The Morgan fingerprint density at radius 3 is 1.23 bits per heavy atom. The number of hydrogen-bond donors (Lipinski definition) is 4. The summed E-state index contributed by atoms with van der Waals surface area (Å²) in [5.74, 6) is 0.327. The molecule has 2 N–H and O–H groups in total. The van der Waals surface area contributed by atoms with Crippen molar-refractivity contribution in [1.29, 1.82) is 0 Å². The van der Waals surface area contributed by atoms with Gasteiger partial charge < -0.3 is 10.2 Å². The highest BCUT2D eigenvalue weighted by atomic mass is 33.1. The van der Waals surface area contributed by atoms with E-state index in [0.29, 0.717) is 9.79 Å². The summed E-state index contributed by atoms with van der Waals surface area (Å²) in [7, 11) is 2.82. The summed E-state index contributed by atoms with van der Waals surface area (Å²) >= 11 is 8.81. The average molecular weight is 427 g/mol. The van der Waals surface area contributed by atoms with E-state index in [2.05, 4.69) is 66.8 Å². The molecule has 0 aliphatic rings. The maximum atomic E-state index is 10.4. The van der Waals surface area contributed by atoms with E-state index in [1.165, 1.54) is 21.6 Å². The van der Waals surface area contributed by atoms with Gasteiger partial charge in [-0.15, -0.1) is 25.3 Å². The molecule has 0 fully saturated rings. The first-order chi connectivity index (χ1) is 11.8. The topological polar surface area (TPSA) is 40.5 Å². The zero-order valence-electron chi connectivity index (χ0n) is 15.9. The number of rotatable bonds is 3. The summed E-state index contributed by atoms with van der Waals surface area (Å²) < 4.78 is 0. The average Bonchev–Trinajstić information content (AvgIpc) is 2.49. The minimum atomic E-state index is -0.0439. The lowest BCUT2D eigenvalue weighted by Gasteiger charge is -2.22. The Morgan fingerprint density at radius 2 is 0.962 bits per heavy atom. The summed E-state index contributed by atoms with van der Waals surface area (Å²) in [6, 6.07) is 7.77. The van der Waals surface area contributed by atoms with Crippen LogP contribution in [-0.2, 0) is 10.8 Å². The van der Waals surface area contributed by atoms with Crippen molar-refractivity contribution >= 4 is 46.8 Å². The summed E-state index contributed by atoms with van der Waals surface area (Å²) in [5, 5.41) is 20.8. The summed E-state index contributed by atoms with van der Waals surface area (Å²) in [4.78, 5) is 2.58. The molecule has 0 spiro atoms. The minimum Gasteiger partial charge on any atom is -0.506 e. The molecule has 2 aromatic carbocycles. The molecule has 0 bridgehead atoms. The zero-order valence-corrected chi connectivity index (χ0v) is 19.3. The Morgan fingerprint density at radius 1 is 0.654 bits per heavy atom. The largest absolute Gasteiger partial charge is 0.506 e. The van der Waals surface area contributed by atoms with Crippen LogP contribution < -0.4 is 0 Å². The van der Waals surface area contributed by atoms with Crippen LogP contribution in [0.15, 0.2) is 43.8 Å². The third-order valence-corrected chi connectivity index (χ3v) is 7.14. The third-order valence-electron chi connectivity index (χ3n) is 4.06. The Kier molecular flexibility index (Phi) is 6.54. The molecular formula is C20H26O2S4. The van der Waals surface area contributed by atoms with Crippen molar-refractivity contribution in [1.82, 2.24) is 0 Å². The first kappa shape index (κ1) is 21.7. The number of benzene rings is 2. The molecule has 142 valence electrons. The fraction of sp³-hybridized carbons (Fsp3) is 0.400. The molecule has 2 aromatic rings. The molecule has 0 heterocycles. The van der Waals surface area contributed by atoms with Crippen LogP contribution in [0.25, 0.3) is 0 Å². The highest BCUT2D eigenvalue weighted by Crippen LogP contribution is 2.49. The van der Waals surface area contributed by atoms with Crippen LogP contribution in [0.2, 0.25) is 0 Å². The van der Waals surface area contributed by atoms with Gasteiger partial charge in [-0.05, 0) is 67.8 Å². The van der Waals surface area contributed by atoms with Crippen LogP contribution >= 0.6 is 46.8 Å².